The molecule has 3 aromatic rings. The number of nitrogens with zero attached hydrogens (tertiary/aromatic N) is 1. The first kappa shape index (κ1) is 23.3. The second kappa shape index (κ2) is 11.9. The molecular weight excluding hydrogens is 387 g/mol. The quantitative estimate of drug-likeness (QED) is 0.534. The molecule has 2 aromatic heterocycles. The zero-order chi connectivity index (χ0) is 21.9. The third-order valence-electron chi connectivity index (χ3n) is 4.23. The molecule has 7 nitrogen and oxygen atoms in total. The van der Waals surface area contributed by atoms with E-state index in [1.165, 1.54) is 45.3 Å². The van der Waals surface area contributed by atoms with Gasteiger partial charge in [0, 0.05) is 12.4 Å². The monoisotopic (exact) mass is 416 g/mol. The first-order chi connectivity index (χ1) is 14.6. The Bertz CT molecular complexity index is 947. The molecule has 3 heterocycles. The number of halogens is 1. The molecular formula is C22H29FN4O3. The Morgan fingerprint density at radius 2 is 1.97 bits per heavy atom. The van der Waals surface area contributed by atoms with Crippen LogP contribution in [0.1, 0.15) is 42.8 Å². The van der Waals surface area contributed by atoms with Crippen molar-refractivity contribution in [2.75, 3.05) is 25.5 Å². The van der Waals surface area contributed by atoms with E-state index in [4.69, 9.17) is 4.42 Å². The van der Waals surface area contributed by atoms with E-state index in [1.54, 1.807) is 31.3 Å². The molecule has 4 rings (SSSR count). The van der Waals surface area contributed by atoms with Crippen LogP contribution in [-0.2, 0) is 4.84 Å². The smallest absolute Gasteiger partial charge is 0.312 e. The number of hydrogen-bond donors (Lipinski definition) is 3. The standard InChI is InChI=1S/C16H14FN3O3.C4H9N.C2H6/c1-9-3-4-12(11(17)7-9)19-14-10-8-18-6-5-13(10)23-15(14)16(21)20-22-2;1-2-4-5-3-1;1-2/h3-8,19H,1-2H3,(H,20,21);5H,1-4H2;1-2H3. The Morgan fingerprint density at radius 3 is 2.57 bits per heavy atom. The van der Waals surface area contributed by atoms with E-state index < -0.39 is 11.7 Å². The molecule has 0 atom stereocenters. The minimum Gasteiger partial charge on any atom is -0.448 e. The van der Waals surface area contributed by atoms with Gasteiger partial charge in [-0.15, -0.1) is 0 Å². The maximum Gasteiger partial charge on any atom is 0.312 e. The van der Waals surface area contributed by atoms with Crippen molar-refractivity contribution < 1.29 is 18.4 Å². The minimum atomic E-state index is -0.585. The molecule has 1 amide bonds. The van der Waals surface area contributed by atoms with E-state index in [9.17, 15) is 9.18 Å². The highest BCUT2D eigenvalue weighted by Crippen LogP contribution is 2.33. The number of rotatable bonds is 4. The molecule has 3 N–H and O–H groups in total. The molecule has 8 heteroatoms. The zero-order valence-corrected chi connectivity index (χ0v) is 17.8. The number of aromatic nitrogens is 1. The second-order valence-electron chi connectivity index (χ2n) is 6.38. The highest BCUT2D eigenvalue weighted by atomic mass is 19.1. The number of nitrogens with one attached hydrogen (secondary N) is 3. The lowest BCUT2D eigenvalue weighted by molar-refractivity contribution is 0.0513. The van der Waals surface area contributed by atoms with Crippen molar-refractivity contribution in [2.45, 2.75) is 33.6 Å². The summed E-state index contributed by atoms with van der Waals surface area (Å²) in [4.78, 5) is 20.7. The Kier molecular flexibility index (Phi) is 9.24. The van der Waals surface area contributed by atoms with E-state index >= 15 is 0 Å². The Balaban J connectivity index is 0.000000393. The minimum absolute atomic E-state index is 0.0187. The molecule has 1 aromatic carbocycles. The van der Waals surface area contributed by atoms with Gasteiger partial charge in [0.2, 0.25) is 5.76 Å². The summed E-state index contributed by atoms with van der Waals surface area (Å²) in [6, 6.07) is 6.38. The summed E-state index contributed by atoms with van der Waals surface area (Å²) in [5.41, 5.74) is 3.99. The highest BCUT2D eigenvalue weighted by molar-refractivity contribution is 6.06. The van der Waals surface area contributed by atoms with E-state index in [0.717, 1.165) is 5.56 Å². The number of furan rings is 1. The van der Waals surface area contributed by atoms with Gasteiger partial charge >= 0.3 is 5.91 Å². The van der Waals surface area contributed by atoms with Crippen molar-refractivity contribution in [1.29, 1.82) is 0 Å². The summed E-state index contributed by atoms with van der Waals surface area (Å²) < 4.78 is 19.6. The number of carbonyl (C=O) groups excluding carboxylic acids is 1. The summed E-state index contributed by atoms with van der Waals surface area (Å²) in [6.45, 7) is 8.29. The van der Waals surface area contributed by atoms with Crippen LogP contribution in [-0.4, -0.2) is 31.1 Å². The molecule has 0 radical (unpaired) electrons. The average Bonchev–Trinajstić information content (AvgIpc) is 3.44. The van der Waals surface area contributed by atoms with Crippen molar-refractivity contribution in [2.24, 2.45) is 0 Å². The highest BCUT2D eigenvalue weighted by Gasteiger charge is 2.22. The van der Waals surface area contributed by atoms with Gasteiger partial charge < -0.3 is 15.1 Å². The van der Waals surface area contributed by atoms with Gasteiger partial charge in [-0.1, -0.05) is 19.9 Å². The lowest BCUT2D eigenvalue weighted by Gasteiger charge is -2.08. The lowest BCUT2D eigenvalue weighted by atomic mass is 10.2. The predicted octanol–water partition coefficient (Wildman–Crippen LogP) is 4.71. The number of amides is 1. The van der Waals surface area contributed by atoms with Gasteiger partial charge in [0.25, 0.3) is 0 Å². The molecule has 0 unspecified atom stereocenters. The first-order valence-corrected chi connectivity index (χ1v) is 10.0. The molecule has 1 aliphatic rings. The van der Waals surface area contributed by atoms with Gasteiger partial charge in [-0.3, -0.25) is 14.6 Å². The van der Waals surface area contributed by atoms with E-state index in [0.29, 0.717) is 16.7 Å². The Labute approximate surface area is 176 Å². The van der Waals surface area contributed by atoms with E-state index in [2.05, 4.69) is 25.9 Å². The van der Waals surface area contributed by atoms with Crippen molar-refractivity contribution in [3.05, 3.63) is 53.8 Å². The summed E-state index contributed by atoms with van der Waals surface area (Å²) in [6.07, 6.45) is 5.86. The number of fused-ring (bicyclic) bond motifs is 1. The van der Waals surface area contributed by atoms with Crippen LogP contribution in [0.2, 0.25) is 0 Å². The third-order valence-corrected chi connectivity index (χ3v) is 4.23. The van der Waals surface area contributed by atoms with Crippen molar-refractivity contribution in [3.63, 3.8) is 0 Å². The van der Waals surface area contributed by atoms with Crippen LogP contribution in [0.25, 0.3) is 11.0 Å². The van der Waals surface area contributed by atoms with E-state index in [1.807, 2.05) is 13.8 Å². The van der Waals surface area contributed by atoms with Crippen molar-refractivity contribution in [1.82, 2.24) is 15.8 Å². The van der Waals surface area contributed by atoms with Gasteiger partial charge in [-0.05, 0) is 56.6 Å². The molecule has 0 spiro atoms. The largest absolute Gasteiger partial charge is 0.448 e. The molecule has 30 heavy (non-hydrogen) atoms. The summed E-state index contributed by atoms with van der Waals surface area (Å²) in [5.74, 6) is -1.03. The molecule has 0 aliphatic carbocycles. The SMILES string of the molecule is C1CCNC1.CC.CONC(=O)c1oc2ccncc2c1Nc1ccc(C)cc1F. The number of carbonyl (C=O) groups is 1. The number of benzene rings is 1. The van der Waals surface area contributed by atoms with Gasteiger partial charge in [-0.25, -0.2) is 9.87 Å². The molecule has 1 aliphatic heterocycles. The fourth-order valence-corrected chi connectivity index (χ4v) is 2.85. The summed E-state index contributed by atoms with van der Waals surface area (Å²) in [5, 5.41) is 6.69. The topological polar surface area (TPSA) is 88.4 Å². The molecule has 1 fully saturated rings. The molecule has 0 saturated carbocycles. The van der Waals surface area contributed by atoms with Crippen LogP contribution in [0.4, 0.5) is 15.8 Å². The first-order valence-electron chi connectivity index (χ1n) is 10.0. The lowest BCUT2D eigenvalue weighted by Crippen LogP contribution is -2.22. The van der Waals surface area contributed by atoms with Crippen LogP contribution in [0.5, 0.6) is 0 Å². The maximum absolute atomic E-state index is 14.1. The Morgan fingerprint density at radius 1 is 1.23 bits per heavy atom. The second-order valence-corrected chi connectivity index (χ2v) is 6.38. The number of aryl methyl sites for hydroxylation is 1. The van der Waals surface area contributed by atoms with Crippen LogP contribution in [0.15, 0.2) is 41.1 Å². The molecule has 0 bridgehead atoms. The van der Waals surface area contributed by atoms with Gasteiger partial charge in [0.1, 0.15) is 17.1 Å². The number of anilines is 2. The summed E-state index contributed by atoms with van der Waals surface area (Å²) in [7, 11) is 1.31. The average molecular weight is 416 g/mol. The summed E-state index contributed by atoms with van der Waals surface area (Å²) >= 11 is 0. The third kappa shape index (κ3) is 6.01. The van der Waals surface area contributed by atoms with Crippen LogP contribution >= 0.6 is 0 Å². The number of pyridine rings is 1. The maximum atomic E-state index is 14.1. The molecule has 162 valence electrons. The van der Waals surface area contributed by atoms with Crippen molar-refractivity contribution >= 4 is 28.3 Å². The van der Waals surface area contributed by atoms with E-state index in [-0.39, 0.29) is 11.4 Å². The molecule has 1 saturated heterocycles. The fraction of sp³-hybridized carbons (Fsp3) is 0.364. The van der Waals surface area contributed by atoms with Crippen LogP contribution < -0.4 is 16.1 Å². The fourth-order valence-electron chi connectivity index (χ4n) is 2.85. The van der Waals surface area contributed by atoms with Crippen LogP contribution in [0, 0.1) is 12.7 Å². The van der Waals surface area contributed by atoms with Gasteiger partial charge in [0.05, 0.1) is 18.2 Å². The predicted molar refractivity (Wildman–Crippen MR) is 116 cm³/mol. The number of hydroxylamine groups is 1. The van der Waals surface area contributed by atoms with Crippen LogP contribution in [0.3, 0.4) is 0 Å². The van der Waals surface area contributed by atoms with Crippen molar-refractivity contribution in [3.8, 4) is 0 Å². The Hall–Kier alpha value is -2.97. The zero-order valence-electron chi connectivity index (χ0n) is 17.8. The van der Waals surface area contributed by atoms with Gasteiger partial charge in [-0.2, -0.15) is 0 Å². The normalized spacial score (nSPS) is 12.4. The number of hydrogen-bond acceptors (Lipinski definition) is 6. The van der Waals surface area contributed by atoms with Gasteiger partial charge in [0.15, 0.2) is 0 Å².